The Morgan fingerprint density at radius 1 is 0.842 bits per heavy atom. The van der Waals surface area contributed by atoms with Gasteiger partial charge in [0.05, 0.1) is 18.3 Å². The van der Waals surface area contributed by atoms with Crippen molar-refractivity contribution >= 4 is 22.4 Å². The number of aryl methyl sites for hydroxylation is 1. The number of nitrogens with zero attached hydrogens (tertiary/aromatic N) is 6. The van der Waals surface area contributed by atoms with E-state index in [4.69, 9.17) is 0 Å². The zero-order valence-corrected chi connectivity index (χ0v) is 22.3. The van der Waals surface area contributed by atoms with Crippen molar-refractivity contribution in [1.29, 1.82) is 0 Å². The number of aromatic nitrogens is 4. The molecule has 0 aliphatic carbocycles. The minimum Gasteiger partial charge on any atom is -0.357 e. The van der Waals surface area contributed by atoms with E-state index >= 15 is 0 Å². The van der Waals surface area contributed by atoms with Crippen LogP contribution >= 0.6 is 0 Å². The molecule has 0 unspecified atom stereocenters. The summed E-state index contributed by atoms with van der Waals surface area (Å²) in [4.78, 5) is 27.2. The summed E-state index contributed by atoms with van der Waals surface area (Å²) in [6, 6.07) is 12.3. The van der Waals surface area contributed by atoms with Gasteiger partial charge in [-0.25, -0.2) is 4.98 Å². The van der Waals surface area contributed by atoms with Gasteiger partial charge in [-0.05, 0) is 80.4 Å². The summed E-state index contributed by atoms with van der Waals surface area (Å²) in [6.07, 6.45) is 13.4. The lowest BCUT2D eigenvalue weighted by Crippen LogP contribution is -2.30. The summed E-state index contributed by atoms with van der Waals surface area (Å²) < 4.78 is 2.01. The smallest absolute Gasteiger partial charge is 0.169 e. The minimum absolute atomic E-state index is 0.0738. The number of benzene rings is 1. The van der Waals surface area contributed by atoms with Crippen LogP contribution in [0.25, 0.3) is 21.9 Å². The predicted octanol–water partition coefficient (Wildman–Crippen LogP) is 5.43. The average molecular weight is 509 g/mol. The molecule has 0 N–H and O–H groups in total. The molecule has 0 saturated carbocycles. The number of carbonyl (C=O) groups is 1. The first kappa shape index (κ1) is 24.7. The van der Waals surface area contributed by atoms with Gasteiger partial charge in [-0.3, -0.25) is 19.4 Å². The zero-order chi connectivity index (χ0) is 25.9. The van der Waals surface area contributed by atoms with Crippen molar-refractivity contribution in [2.75, 3.05) is 31.1 Å². The second kappa shape index (κ2) is 11.0. The van der Waals surface area contributed by atoms with Crippen molar-refractivity contribution in [1.82, 2.24) is 24.6 Å². The molecule has 2 fully saturated rings. The summed E-state index contributed by atoms with van der Waals surface area (Å²) in [6.45, 7) is 5.25. The molecule has 5 heterocycles. The van der Waals surface area contributed by atoms with Crippen LogP contribution in [0.5, 0.6) is 0 Å². The van der Waals surface area contributed by atoms with E-state index in [-0.39, 0.29) is 12.2 Å². The molecule has 196 valence electrons. The number of pyridine rings is 2. The number of hydrogen-bond donors (Lipinski definition) is 0. The molecule has 3 aromatic heterocycles. The predicted molar refractivity (Wildman–Crippen MR) is 151 cm³/mol. The maximum Gasteiger partial charge on any atom is 0.169 e. The molecule has 0 radical (unpaired) electrons. The standard InChI is InChI=1S/C31H36N6O/c1-35-29(22-36-12-4-2-5-13-36)28(21-34-35)23-8-9-25-20-33-27(17-26(25)16-23)19-30(38)24-10-11-32-31(18-24)37-14-6-3-7-15-37/h8-11,16-18,20-21H,2-7,12-15,19,22H2,1H3. The number of carbonyl (C=O) groups excluding carboxylic acids is 1. The number of likely N-dealkylation sites (tertiary alicyclic amines) is 1. The van der Waals surface area contributed by atoms with E-state index < -0.39 is 0 Å². The molecule has 0 spiro atoms. The van der Waals surface area contributed by atoms with Crippen molar-refractivity contribution < 1.29 is 4.79 Å². The second-order valence-corrected chi connectivity index (χ2v) is 10.8. The molecule has 6 rings (SSSR count). The average Bonchev–Trinajstić information content (AvgIpc) is 3.33. The molecule has 0 amide bonds. The molecule has 2 saturated heterocycles. The Bertz CT molecular complexity index is 1430. The molecular weight excluding hydrogens is 472 g/mol. The number of piperidine rings is 2. The first-order valence-electron chi connectivity index (χ1n) is 14.0. The number of fused-ring (bicyclic) bond motifs is 1. The summed E-state index contributed by atoms with van der Waals surface area (Å²) in [7, 11) is 2.03. The number of anilines is 1. The second-order valence-electron chi connectivity index (χ2n) is 10.8. The van der Waals surface area contributed by atoms with Gasteiger partial charge in [0.1, 0.15) is 5.82 Å². The fourth-order valence-corrected chi connectivity index (χ4v) is 5.83. The highest BCUT2D eigenvalue weighted by Gasteiger charge is 2.18. The van der Waals surface area contributed by atoms with Crippen molar-refractivity contribution in [2.24, 2.45) is 7.05 Å². The molecule has 7 heteroatoms. The lowest BCUT2D eigenvalue weighted by Gasteiger charge is -2.27. The van der Waals surface area contributed by atoms with Crippen LogP contribution in [-0.4, -0.2) is 56.6 Å². The van der Waals surface area contributed by atoms with Gasteiger partial charge in [-0.15, -0.1) is 0 Å². The Labute approximate surface area is 224 Å². The van der Waals surface area contributed by atoms with E-state index in [0.29, 0.717) is 5.56 Å². The van der Waals surface area contributed by atoms with Gasteiger partial charge >= 0.3 is 0 Å². The Morgan fingerprint density at radius 2 is 1.63 bits per heavy atom. The van der Waals surface area contributed by atoms with Crippen LogP contribution < -0.4 is 4.90 Å². The van der Waals surface area contributed by atoms with Gasteiger partial charge in [-0.2, -0.15) is 5.10 Å². The molecule has 2 aliphatic heterocycles. The van der Waals surface area contributed by atoms with E-state index in [9.17, 15) is 4.79 Å². The first-order chi connectivity index (χ1) is 18.6. The number of ketones is 1. The van der Waals surface area contributed by atoms with Crippen molar-refractivity contribution in [3.05, 3.63) is 71.9 Å². The maximum atomic E-state index is 13.2. The summed E-state index contributed by atoms with van der Waals surface area (Å²) >= 11 is 0. The van der Waals surface area contributed by atoms with E-state index in [0.717, 1.165) is 60.6 Å². The Balaban J connectivity index is 1.22. The fourth-order valence-electron chi connectivity index (χ4n) is 5.83. The topological polar surface area (TPSA) is 67.2 Å². The highest BCUT2D eigenvalue weighted by atomic mass is 16.1. The molecule has 2 aliphatic rings. The molecule has 0 bridgehead atoms. The summed E-state index contributed by atoms with van der Waals surface area (Å²) in [5.74, 6) is 0.980. The third-order valence-electron chi connectivity index (χ3n) is 8.06. The van der Waals surface area contributed by atoms with Gasteiger partial charge in [0.15, 0.2) is 5.78 Å². The number of hydrogen-bond acceptors (Lipinski definition) is 6. The summed E-state index contributed by atoms with van der Waals surface area (Å²) in [5, 5.41) is 6.76. The van der Waals surface area contributed by atoms with Crippen LogP contribution in [0.3, 0.4) is 0 Å². The zero-order valence-electron chi connectivity index (χ0n) is 22.3. The van der Waals surface area contributed by atoms with E-state index in [1.165, 1.54) is 49.8 Å². The Hall–Kier alpha value is -3.58. The van der Waals surface area contributed by atoms with Crippen LogP contribution in [0.1, 0.15) is 60.3 Å². The van der Waals surface area contributed by atoms with Crippen LogP contribution in [0.15, 0.2) is 55.0 Å². The molecule has 4 aromatic rings. The van der Waals surface area contributed by atoms with Gasteiger partial charge in [0, 0.05) is 61.3 Å². The van der Waals surface area contributed by atoms with Crippen molar-refractivity contribution in [3.63, 3.8) is 0 Å². The quantitative estimate of drug-likeness (QED) is 0.310. The van der Waals surface area contributed by atoms with E-state index in [1.54, 1.807) is 6.20 Å². The largest absolute Gasteiger partial charge is 0.357 e. The molecular formula is C31H36N6O. The normalized spacial score (nSPS) is 16.7. The van der Waals surface area contributed by atoms with Gasteiger partial charge in [-0.1, -0.05) is 18.6 Å². The molecule has 1 aromatic carbocycles. The Kier molecular flexibility index (Phi) is 7.18. The number of Topliss-reactive ketones (excluding diaryl/α,β-unsaturated/α-hetero) is 1. The van der Waals surface area contributed by atoms with E-state index in [2.05, 4.69) is 49.1 Å². The molecule has 0 atom stereocenters. The first-order valence-corrected chi connectivity index (χ1v) is 14.0. The maximum absolute atomic E-state index is 13.2. The number of rotatable bonds is 7. The van der Waals surface area contributed by atoms with Crippen LogP contribution in [0.2, 0.25) is 0 Å². The van der Waals surface area contributed by atoms with Crippen LogP contribution in [0, 0.1) is 0 Å². The lowest BCUT2D eigenvalue weighted by atomic mass is 10.0. The highest BCUT2D eigenvalue weighted by molar-refractivity contribution is 5.98. The monoisotopic (exact) mass is 508 g/mol. The van der Waals surface area contributed by atoms with Gasteiger partial charge in [0.2, 0.25) is 0 Å². The third-order valence-corrected chi connectivity index (χ3v) is 8.06. The van der Waals surface area contributed by atoms with Crippen molar-refractivity contribution in [3.8, 4) is 11.1 Å². The summed E-state index contributed by atoms with van der Waals surface area (Å²) in [5.41, 5.74) is 5.07. The molecule has 7 nitrogen and oxygen atoms in total. The van der Waals surface area contributed by atoms with Gasteiger partial charge < -0.3 is 4.90 Å². The van der Waals surface area contributed by atoms with Crippen LogP contribution in [0.4, 0.5) is 5.82 Å². The Morgan fingerprint density at radius 3 is 2.45 bits per heavy atom. The SMILES string of the molecule is Cn1ncc(-c2ccc3cnc(CC(=O)c4ccnc(N5CCCCC5)c4)cc3c2)c1CN1CCCCC1. The molecule has 38 heavy (non-hydrogen) atoms. The van der Waals surface area contributed by atoms with E-state index in [1.807, 2.05) is 36.3 Å². The highest BCUT2D eigenvalue weighted by Crippen LogP contribution is 2.29. The third kappa shape index (κ3) is 5.34. The fraction of sp³-hybridized carbons (Fsp3) is 0.419. The minimum atomic E-state index is 0.0738. The lowest BCUT2D eigenvalue weighted by molar-refractivity contribution is 0.0992. The van der Waals surface area contributed by atoms with Crippen LogP contribution in [-0.2, 0) is 20.0 Å². The van der Waals surface area contributed by atoms with Gasteiger partial charge in [0.25, 0.3) is 0 Å². The van der Waals surface area contributed by atoms with Crippen molar-refractivity contribution in [2.45, 2.75) is 51.5 Å².